The molecule has 0 aliphatic rings. The summed E-state index contributed by atoms with van der Waals surface area (Å²) in [7, 11) is 0. The number of hydrogen-bond donors (Lipinski definition) is 0. The fourth-order valence-corrected chi connectivity index (χ4v) is 2.88. The minimum absolute atomic E-state index is 0.0210. The first-order valence-corrected chi connectivity index (χ1v) is 9.15. The van der Waals surface area contributed by atoms with Gasteiger partial charge in [-0.3, -0.25) is 4.79 Å². The number of carbonyl (C=O) groups excluding carboxylic acids is 1. The molecule has 21 heavy (non-hydrogen) atoms. The lowest BCUT2D eigenvalue weighted by Crippen LogP contribution is -2.16. The van der Waals surface area contributed by atoms with E-state index in [4.69, 9.17) is 4.74 Å². The zero-order valence-electron chi connectivity index (χ0n) is 13.6. The van der Waals surface area contributed by atoms with Gasteiger partial charge in [0.15, 0.2) is 0 Å². The van der Waals surface area contributed by atoms with Gasteiger partial charge >= 0.3 is 5.97 Å². The minimum Gasteiger partial charge on any atom is -0.464 e. The summed E-state index contributed by atoms with van der Waals surface area (Å²) < 4.78 is 31.3. The van der Waals surface area contributed by atoms with E-state index in [1.807, 2.05) is 6.92 Å². The van der Waals surface area contributed by atoms with Gasteiger partial charge in [-0.05, 0) is 31.4 Å². The van der Waals surface area contributed by atoms with Crippen molar-refractivity contribution in [3.63, 3.8) is 0 Å². The van der Waals surface area contributed by atoms with E-state index in [2.05, 4.69) is 6.92 Å². The number of halogens is 2. The normalized spacial score (nSPS) is 13.2. The molecule has 1 atom stereocenters. The molecule has 0 aromatic rings. The topological polar surface area (TPSA) is 26.3 Å². The zero-order chi connectivity index (χ0) is 16.1. The van der Waals surface area contributed by atoms with Gasteiger partial charge < -0.3 is 4.74 Å². The van der Waals surface area contributed by atoms with E-state index in [1.165, 1.54) is 6.92 Å². The monoisotopic (exact) mass is 324 g/mol. The van der Waals surface area contributed by atoms with Gasteiger partial charge in [0.2, 0.25) is 5.92 Å². The average molecular weight is 324 g/mol. The first-order chi connectivity index (χ1) is 9.95. The Labute approximate surface area is 132 Å². The molecule has 0 saturated carbocycles. The van der Waals surface area contributed by atoms with Crippen LogP contribution in [0.4, 0.5) is 8.78 Å². The molecule has 0 rings (SSSR count). The van der Waals surface area contributed by atoms with Crippen molar-refractivity contribution < 1.29 is 18.3 Å². The van der Waals surface area contributed by atoms with E-state index in [9.17, 15) is 13.6 Å². The number of thioether (sulfide) groups is 1. The summed E-state index contributed by atoms with van der Waals surface area (Å²) >= 11 is 1.72. The van der Waals surface area contributed by atoms with E-state index in [0.717, 1.165) is 31.4 Å². The minimum atomic E-state index is -2.51. The summed E-state index contributed by atoms with van der Waals surface area (Å²) in [4.78, 5) is 11.4. The Morgan fingerprint density at radius 3 is 2.48 bits per heavy atom. The van der Waals surface area contributed by atoms with Crippen LogP contribution in [0.25, 0.3) is 0 Å². The molecule has 0 fully saturated rings. The maximum absolute atomic E-state index is 13.1. The van der Waals surface area contributed by atoms with Gasteiger partial charge in [0.25, 0.3) is 0 Å². The van der Waals surface area contributed by atoms with Crippen LogP contribution in [-0.4, -0.2) is 29.5 Å². The summed E-state index contributed by atoms with van der Waals surface area (Å²) in [6, 6.07) is 0. The van der Waals surface area contributed by atoms with Gasteiger partial charge in [-0.25, -0.2) is 8.78 Å². The molecule has 0 bridgehead atoms. The number of ether oxygens (including phenoxy) is 1. The van der Waals surface area contributed by atoms with Crippen molar-refractivity contribution in [3.05, 3.63) is 0 Å². The number of hydrogen-bond acceptors (Lipinski definition) is 3. The van der Waals surface area contributed by atoms with E-state index in [1.54, 1.807) is 11.8 Å². The summed E-state index contributed by atoms with van der Waals surface area (Å²) in [6.07, 6.45) is 4.53. The number of unbranched alkanes of at least 4 members (excludes halogenated alkanes) is 2. The van der Waals surface area contributed by atoms with E-state index in [-0.39, 0.29) is 24.1 Å². The maximum Gasteiger partial charge on any atom is 0.305 e. The molecule has 0 radical (unpaired) electrons. The first-order valence-electron chi connectivity index (χ1n) is 8.10. The second-order valence-corrected chi connectivity index (χ2v) is 6.76. The third-order valence-corrected chi connectivity index (χ3v) is 4.89. The molecule has 0 aliphatic heterocycles. The molecule has 0 aliphatic carbocycles. The van der Waals surface area contributed by atoms with Crippen LogP contribution in [0.3, 0.4) is 0 Å². The van der Waals surface area contributed by atoms with Crippen molar-refractivity contribution in [3.8, 4) is 0 Å². The standard InChI is InChI=1S/C16H30F2O2S/c1-4-7-10-15(19)20-13-14(5-2)21-12-9-8-11-16(17,18)6-3/h14H,4-13H2,1-3H3. The van der Waals surface area contributed by atoms with Crippen LogP contribution < -0.4 is 0 Å². The molecular weight excluding hydrogens is 294 g/mol. The van der Waals surface area contributed by atoms with Crippen molar-refractivity contribution in [2.75, 3.05) is 12.4 Å². The number of alkyl halides is 2. The van der Waals surface area contributed by atoms with Crippen molar-refractivity contribution in [1.29, 1.82) is 0 Å². The highest BCUT2D eigenvalue weighted by Crippen LogP contribution is 2.26. The third kappa shape index (κ3) is 12.0. The lowest BCUT2D eigenvalue weighted by atomic mass is 10.1. The number of rotatable bonds is 13. The lowest BCUT2D eigenvalue weighted by molar-refractivity contribution is -0.143. The van der Waals surface area contributed by atoms with Gasteiger partial charge in [0.05, 0.1) is 0 Å². The van der Waals surface area contributed by atoms with Crippen LogP contribution in [0.1, 0.15) is 72.1 Å². The van der Waals surface area contributed by atoms with Crippen molar-refractivity contribution in [1.82, 2.24) is 0 Å². The molecule has 0 spiro atoms. The van der Waals surface area contributed by atoms with Crippen molar-refractivity contribution >= 4 is 17.7 Å². The predicted octanol–water partition coefficient (Wildman–Crippen LogP) is 5.45. The van der Waals surface area contributed by atoms with E-state index < -0.39 is 5.92 Å². The van der Waals surface area contributed by atoms with Crippen molar-refractivity contribution in [2.45, 2.75) is 83.3 Å². The Balaban J connectivity index is 3.68. The van der Waals surface area contributed by atoms with Crippen LogP contribution in [0, 0.1) is 0 Å². The highest BCUT2D eigenvalue weighted by molar-refractivity contribution is 7.99. The zero-order valence-corrected chi connectivity index (χ0v) is 14.4. The van der Waals surface area contributed by atoms with Gasteiger partial charge in [-0.1, -0.05) is 27.2 Å². The van der Waals surface area contributed by atoms with E-state index in [0.29, 0.717) is 19.4 Å². The smallest absolute Gasteiger partial charge is 0.305 e. The number of carbonyl (C=O) groups is 1. The molecule has 1 unspecified atom stereocenters. The molecule has 0 saturated heterocycles. The molecular formula is C16H30F2O2S. The van der Waals surface area contributed by atoms with Crippen LogP contribution in [-0.2, 0) is 9.53 Å². The molecule has 0 amide bonds. The Morgan fingerprint density at radius 2 is 1.90 bits per heavy atom. The number of esters is 1. The highest BCUT2D eigenvalue weighted by Gasteiger charge is 2.24. The van der Waals surface area contributed by atoms with Gasteiger partial charge in [-0.2, -0.15) is 11.8 Å². The largest absolute Gasteiger partial charge is 0.464 e. The molecule has 0 N–H and O–H groups in total. The molecule has 0 aromatic heterocycles. The van der Waals surface area contributed by atoms with Crippen molar-refractivity contribution in [2.24, 2.45) is 0 Å². The molecule has 126 valence electrons. The molecule has 0 aromatic carbocycles. The second-order valence-electron chi connectivity index (χ2n) is 5.35. The van der Waals surface area contributed by atoms with Crippen LogP contribution >= 0.6 is 11.8 Å². The highest BCUT2D eigenvalue weighted by atomic mass is 32.2. The summed E-state index contributed by atoms with van der Waals surface area (Å²) in [5, 5.41) is 0.280. The Bertz CT molecular complexity index is 273. The predicted molar refractivity (Wildman–Crippen MR) is 86.1 cm³/mol. The molecule has 5 heteroatoms. The van der Waals surface area contributed by atoms with Crippen LogP contribution in [0.2, 0.25) is 0 Å². The lowest BCUT2D eigenvalue weighted by Gasteiger charge is -2.16. The third-order valence-electron chi connectivity index (χ3n) is 3.43. The molecule has 0 heterocycles. The fourth-order valence-electron chi connectivity index (χ4n) is 1.78. The van der Waals surface area contributed by atoms with Gasteiger partial charge in [-0.15, -0.1) is 0 Å². The molecule has 2 nitrogen and oxygen atoms in total. The van der Waals surface area contributed by atoms with Crippen LogP contribution in [0.15, 0.2) is 0 Å². The maximum atomic E-state index is 13.1. The second kappa shape index (κ2) is 12.2. The Kier molecular flexibility index (Phi) is 12.1. The first kappa shape index (κ1) is 20.7. The Morgan fingerprint density at radius 1 is 1.19 bits per heavy atom. The quantitative estimate of drug-likeness (QED) is 0.333. The Hall–Kier alpha value is -0.320. The van der Waals surface area contributed by atoms with Gasteiger partial charge in [0.1, 0.15) is 6.61 Å². The summed E-state index contributed by atoms with van der Waals surface area (Å²) in [5.74, 6) is -1.78. The SMILES string of the molecule is CCCCC(=O)OCC(CC)SCCCCC(F)(F)CC. The summed E-state index contributed by atoms with van der Waals surface area (Å²) in [6.45, 7) is 6.06. The van der Waals surface area contributed by atoms with Gasteiger partial charge in [0, 0.05) is 24.5 Å². The van der Waals surface area contributed by atoms with Crippen LogP contribution in [0.5, 0.6) is 0 Å². The van der Waals surface area contributed by atoms with E-state index >= 15 is 0 Å². The fraction of sp³-hybridized carbons (Fsp3) is 0.938. The average Bonchev–Trinajstić information content (AvgIpc) is 2.47. The summed E-state index contributed by atoms with van der Waals surface area (Å²) in [5.41, 5.74) is 0.